The van der Waals surface area contributed by atoms with Gasteiger partial charge in [-0.2, -0.15) is 0 Å². The number of benzene rings is 2. The van der Waals surface area contributed by atoms with Crippen LogP contribution in [0.3, 0.4) is 0 Å². The minimum Gasteiger partial charge on any atom is -0.310 e. The number of amides is 1. The van der Waals surface area contributed by atoms with Gasteiger partial charge in [0.25, 0.3) is 0 Å². The van der Waals surface area contributed by atoms with Gasteiger partial charge in [-0.15, -0.1) is 10.2 Å². The molecule has 0 aliphatic heterocycles. The Morgan fingerprint density at radius 1 is 1.00 bits per heavy atom. The van der Waals surface area contributed by atoms with Gasteiger partial charge in [-0.3, -0.25) is 9.36 Å². The zero-order valence-electron chi connectivity index (χ0n) is 16.1. The molecule has 2 aromatic heterocycles. The van der Waals surface area contributed by atoms with Gasteiger partial charge in [0.15, 0.2) is 11.0 Å². The minimum atomic E-state index is -0.387. The number of hydrogen-bond acceptors (Lipinski definition) is 5. The quantitative estimate of drug-likeness (QED) is 0.466. The van der Waals surface area contributed by atoms with Crippen molar-refractivity contribution >= 4 is 23.5 Å². The second-order valence-electron chi connectivity index (χ2n) is 6.46. The summed E-state index contributed by atoms with van der Waals surface area (Å²) in [4.78, 5) is 16.7. The highest BCUT2D eigenvalue weighted by Crippen LogP contribution is 2.29. The van der Waals surface area contributed by atoms with Crippen molar-refractivity contribution in [1.29, 1.82) is 0 Å². The number of aryl methyl sites for hydroxylation is 1. The molecule has 0 atom stereocenters. The number of thioether (sulfide) groups is 1. The minimum absolute atomic E-state index is 0.109. The van der Waals surface area contributed by atoms with Gasteiger partial charge in [0.1, 0.15) is 11.6 Å². The molecule has 1 N–H and O–H groups in total. The van der Waals surface area contributed by atoms with Crippen molar-refractivity contribution in [1.82, 2.24) is 19.7 Å². The first-order chi connectivity index (χ1) is 14.6. The predicted octanol–water partition coefficient (Wildman–Crippen LogP) is 4.51. The van der Waals surface area contributed by atoms with Gasteiger partial charge >= 0.3 is 0 Å². The molecule has 0 radical (unpaired) electrons. The van der Waals surface area contributed by atoms with Crippen molar-refractivity contribution < 1.29 is 9.18 Å². The molecular formula is C22H18FN5OS. The van der Waals surface area contributed by atoms with E-state index >= 15 is 0 Å². The summed E-state index contributed by atoms with van der Waals surface area (Å²) in [7, 11) is 0. The maximum absolute atomic E-state index is 14.4. The number of rotatable bonds is 6. The van der Waals surface area contributed by atoms with E-state index in [0.29, 0.717) is 22.4 Å². The van der Waals surface area contributed by atoms with E-state index in [1.54, 1.807) is 28.8 Å². The molecule has 150 valence electrons. The number of nitrogens with zero attached hydrogens (tertiary/aromatic N) is 4. The molecule has 1 amide bonds. The normalized spacial score (nSPS) is 10.7. The Balaban J connectivity index is 1.60. The zero-order valence-corrected chi connectivity index (χ0v) is 16.9. The van der Waals surface area contributed by atoms with Crippen LogP contribution in [0.15, 0.2) is 78.0 Å². The summed E-state index contributed by atoms with van der Waals surface area (Å²) in [6.07, 6.45) is 0. The number of carbonyl (C=O) groups excluding carboxylic acids is 1. The molecule has 0 saturated carbocycles. The van der Waals surface area contributed by atoms with Crippen LogP contribution in [0.4, 0.5) is 10.2 Å². The lowest BCUT2D eigenvalue weighted by Gasteiger charge is -2.11. The van der Waals surface area contributed by atoms with E-state index in [4.69, 9.17) is 0 Å². The maximum atomic E-state index is 14.4. The van der Waals surface area contributed by atoms with Crippen LogP contribution in [-0.2, 0) is 4.79 Å². The molecule has 0 aliphatic carbocycles. The van der Waals surface area contributed by atoms with Crippen molar-refractivity contribution in [3.8, 4) is 17.1 Å². The molecule has 6 nitrogen and oxygen atoms in total. The van der Waals surface area contributed by atoms with Gasteiger partial charge in [0.2, 0.25) is 5.91 Å². The molecule has 4 rings (SSSR count). The monoisotopic (exact) mass is 419 g/mol. The van der Waals surface area contributed by atoms with E-state index in [0.717, 1.165) is 11.4 Å². The van der Waals surface area contributed by atoms with Gasteiger partial charge in [0.05, 0.1) is 11.3 Å². The van der Waals surface area contributed by atoms with E-state index in [-0.39, 0.29) is 17.5 Å². The number of hydrogen-bond donors (Lipinski definition) is 1. The SMILES string of the molecule is Cc1cccc(NC(=O)CSc2nnc(-c3ccccc3F)n2-c2ccccc2)n1. The fraction of sp³-hybridized carbons (Fsp3) is 0.0909. The standard InChI is InChI=1S/C22H18FN5OS/c1-15-8-7-13-19(24-15)25-20(29)14-30-22-27-26-21(17-11-5-6-12-18(17)23)28(22)16-9-3-2-4-10-16/h2-13H,14H2,1H3,(H,24,25,29). The van der Waals surface area contributed by atoms with Crippen molar-refractivity contribution in [3.63, 3.8) is 0 Å². The van der Waals surface area contributed by atoms with Crippen LogP contribution in [0.5, 0.6) is 0 Å². The Morgan fingerprint density at radius 3 is 2.53 bits per heavy atom. The molecule has 2 heterocycles. The Hall–Kier alpha value is -3.52. The smallest absolute Gasteiger partial charge is 0.236 e. The van der Waals surface area contributed by atoms with Gasteiger partial charge in [-0.25, -0.2) is 9.37 Å². The predicted molar refractivity (Wildman–Crippen MR) is 115 cm³/mol. The fourth-order valence-corrected chi connectivity index (χ4v) is 3.66. The van der Waals surface area contributed by atoms with E-state index in [1.807, 2.05) is 49.4 Å². The van der Waals surface area contributed by atoms with E-state index in [2.05, 4.69) is 20.5 Å². The molecule has 30 heavy (non-hydrogen) atoms. The average Bonchev–Trinajstić information content (AvgIpc) is 3.17. The highest BCUT2D eigenvalue weighted by Gasteiger charge is 2.19. The number of para-hydroxylation sites is 1. The zero-order chi connectivity index (χ0) is 20.9. The first-order valence-corrected chi connectivity index (χ1v) is 10.2. The Kier molecular flexibility index (Phi) is 5.85. The number of carbonyl (C=O) groups is 1. The number of pyridine rings is 1. The summed E-state index contributed by atoms with van der Waals surface area (Å²) >= 11 is 1.22. The Bertz CT molecular complexity index is 1180. The number of halogens is 1. The van der Waals surface area contributed by atoms with Crippen molar-refractivity contribution in [2.24, 2.45) is 0 Å². The van der Waals surface area contributed by atoms with Crippen molar-refractivity contribution in [2.45, 2.75) is 12.1 Å². The summed E-state index contributed by atoms with van der Waals surface area (Å²) in [6.45, 7) is 1.86. The third-order valence-corrected chi connectivity index (χ3v) is 5.18. The molecular weight excluding hydrogens is 401 g/mol. The Labute approximate surface area is 177 Å². The van der Waals surface area contributed by atoms with E-state index in [1.165, 1.54) is 17.8 Å². The van der Waals surface area contributed by atoms with Crippen LogP contribution in [0.1, 0.15) is 5.69 Å². The summed E-state index contributed by atoms with van der Waals surface area (Å²) < 4.78 is 16.2. The van der Waals surface area contributed by atoms with Crippen molar-refractivity contribution in [2.75, 3.05) is 11.1 Å². The van der Waals surface area contributed by atoms with Gasteiger partial charge in [-0.05, 0) is 43.3 Å². The van der Waals surface area contributed by atoms with E-state index in [9.17, 15) is 9.18 Å². The van der Waals surface area contributed by atoms with E-state index < -0.39 is 0 Å². The molecule has 8 heteroatoms. The fourth-order valence-electron chi connectivity index (χ4n) is 2.91. The molecule has 0 unspecified atom stereocenters. The third kappa shape index (κ3) is 4.38. The summed E-state index contributed by atoms with van der Waals surface area (Å²) in [5.41, 5.74) is 1.94. The largest absolute Gasteiger partial charge is 0.310 e. The second kappa shape index (κ2) is 8.87. The van der Waals surface area contributed by atoms with Gasteiger partial charge < -0.3 is 5.32 Å². The molecule has 0 aliphatic rings. The van der Waals surface area contributed by atoms with Crippen LogP contribution >= 0.6 is 11.8 Å². The molecule has 0 bridgehead atoms. The second-order valence-corrected chi connectivity index (χ2v) is 7.40. The summed E-state index contributed by atoms with van der Waals surface area (Å²) in [6, 6.07) is 21.3. The molecule has 0 spiro atoms. The van der Waals surface area contributed by atoms with Crippen LogP contribution < -0.4 is 5.32 Å². The highest BCUT2D eigenvalue weighted by molar-refractivity contribution is 7.99. The number of anilines is 1. The number of nitrogens with one attached hydrogen (secondary N) is 1. The first kappa shape index (κ1) is 19.8. The third-order valence-electron chi connectivity index (χ3n) is 4.25. The van der Waals surface area contributed by atoms with Gasteiger partial charge in [-0.1, -0.05) is 48.2 Å². The summed E-state index contributed by atoms with van der Waals surface area (Å²) in [5.74, 6) is 0.382. The Morgan fingerprint density at radius 2 is 1.77 bits per heavy atom. The molecule has 0 fully saturated rings. The lowest BCUT2D eigenvalue weighted by molar-refractivity contribution is -0.113. The van der Waals surface area contributed by atoms with Crippen LogP contribution in [0.25, 0.3) is 17.1 Å². The van der Waals surface area contributed by atoms with Crippen LogP contribution in [0, 0.1) is 12.7 Å². The van der Waals surface area contributed by atoms with Crippen LogP contribution in [0.2, 0.25) is 0 Å². The number of aromatic nitrogens is 4. The van der Waals surface area contributed by atoms with Crippen molar-refractivity contribution in [3.05, 3.63) is 84.3 Å². The lowest BCUT2D eigenvalue weighted by Crippen LogP contribution is -2.15. The highest BCUT2D eigenvalue weighted by atomic mass is 32.2. The average molecular weight is 419 g/mol. The maximum Gasteiger partial charge on any atom is 0.236 e. The summed E-state index contributed by atoms with van der Waals surface area (Å²) in [5, 5.41) is 11.7. The molecule has 2 aromatic carbocycles. The topological polar surface area (TPSA) is 72.7 Å². The molecule has 0 saturated heterocycles. The first-order valence-electron chi connectivity index (χ1n) is 9.24. The lowest BCUT2D eigenvalue weighted by atomic mass is 10.2. The van der Waals surface area contributed by atoms with Crippen LogP contribution in [-0.4, -0.2) is 31.4 Å². The van der Waals surface area contributed by atoms with Gasteiger partial charge in [0, 0.05) is 11.4 Å². The molecule has 4 aromatic rings.